The van der Waals surface area contributed by atoms with E-state index in [2.05, 4.69) is 9.47 Å². The Labute approximate surface area is 73.5 Å². The first-order valence-electron chi connectivity index (χ1n) is 3.02. The molecule has 1 aromatic carbocycles. The molecular formula is C7H5ClF2O2. The molecule has 12 heavy (non-hydrogen) atoms. The van der Waals surface area contributed by atoms with Gasteiger partial charge < -0.3 is 9.47 Å². The maximum Gasteiger partial charge on any atom is 0.586 e. The van der Waals surface area contributed by atoms with Crippen molar-refractivity contribution < 1.29 is 18.3 Å². The van der Waals surface area contributed by atoms with Crippen LogP contribution in [0.25, 0.3) is 0 Å². The number of para-hydroxylation sites is 2. The second-order valence-corrected chi connectivity index (χ2v) is 2.11. The molecule has 0 radical (unpaired) electrons. The van der Waals surface area contributed by atoms with Gasteiger partial charge in [-0.2, -0.15) is 0 Å². The van der Waals surface area contributed by atoms with Crippen LogP contribution < -0.4 is 9.47 Å². The van der Waals surface area contributed by atoms with E-state index in [-0.39, 0.29) is 23.9 Å². The molecule has 2 nitrogen and oxygen atoms in total. The Morgan fingerprint density at radius 2 is 1.42 bits per heavy atom. The number of halogens is 3. The van der Waals surface area contributed by atoms with Gasteiger partial charge in [0.25, 0.3) is 0 Å². The van der Waals surface area contributed by atoms with E-state index in [9.17, 15) is 8.78 Å². The summed E-state index contributed by atoms with van der Waals surface area (Å²) in [5.74, 6) is 0.162. The highest BCUT2D eigenvalue weighted by Gasteiger charge is 2.42. The lowest BCUT2D eigenvalue weighted by molar-refractivity contribution is -0.286. The van der Waals surface area contributed by atoms with Gasteiger partial charge in [-0.25, -0.2) is 0 Å². The van der Waals surface area contributed by atoms with E-state index in [4.69, 9.17) is 0 Å². The van der Waals surface area contributed by atoms with E-state index in [0.29, 0.717) is 0 Å². The molecule has 5 heteroatoms. The Morgan fingerprint density at radius 3 is 1.83 bits per heavy atom. The fourth-order valence-electron chi connectivity index (χ4n) is 0.896. The SMILES string of the molecule is Cl.FC1(F)Oc2ccccc2O1. The van der Waals surface area contributed by atoms with Crippen molar-refractivity contribution >= 4 is 12.4 Å². The molecule has 0 N–H and O–H groups in total. The zero-order valence-electron chi connectivity index (χ0n) is 5.79. The van der Waals surface area contributed by atoms with Gasteiger partial charge in [0.15, 0.2) is 11.5 Å². The third-order valence-corrected chi connectivity index (χ3v) is 1.31. The standard InChI is InChI=1S/C7H4F2O2.ClH/c8-7(9)10-5-3-1-2-4-6(5)11-7;/h1-4H;1H. The van der Waals surface area contributed by atoms with Crippen molar-refractivity contribution in [2.45, 2.75) is 6.29 Å². The van der Waals surface area contributed by atoms with Crippen molar-refractivity contribution in [1.29, 1.82) is 0 Å². The van der Waals surface area contributed by atoms with E-state index < -0.39 is 6.29 Å². The highest BCUT2D eigenvalue weighted by Crippen LogP contribution is 2.39. The molecule has 0 bridgehead atoms. The molecule has 2 rings (SSSR count). The molecule has 0 spiro atoms. The minimum Gasteiger partial charge on any atom is -0.395 e. The highest BCUT2D eigenvalue weighted by molar-refractivity contribution is 5.85. The lowest BCUT2D eigenvalue weighted by Gasteiger charge is -2.04. The van der Waals surface area contributed by atoms with Crippen LogP contribution >= 0.6 is 12.4 Å². The van der Waals surface area contributed by atoms with Crippen molar-refractivity contribution in [3.63, 3.8) is 0 Å². The molecular weight excluding hydrogens is 190 g/mol. The number of benzene rings is 1. The van der Waals surface area contributed by atoms with E-state index in [1.54, 1.807) is 12.1 Å². The number of fused-ring (bicyclic) bond motifs is 1. The van der Waals surface area contributed by atoms with Crippen LogP contribution in [0.4, 0.5) is 8.78 Å². The third-order valence-electron chi connectivity index (χ3n) is 1.31. The van der Waals surface area contributed by atoms with Gasteiger partial charge in [-0.05, 0) is 12.1 Å². The average Bonchev–Trinajstić information content (AvgIpc) is 2.21. The molecule has 0 atom stereocenters. The largest absolute Gasteiger partial charge is 0.586 e. The lowest BCUT2D eigenvalue weighted by Crippen LogP contribution is -2.25. The molecule has 0 unspecified atom stereocenters. The summed E-state index contributed by atoms with van der Waals surface area (Å²) in [5, 5.41) is 0. The zero-order valence-corrected chi connectivity index (χ0v) is 6.61. The Kier molecular flexibility index (Phi) is 2.10. The third kappa shape index (κ3) is 1.43. The van der Waals surface area contributed by atoms with Crippen LogP contribution in [-0.2, 0) is 0 Å². The number of ether oxygens (including phenoxy) is 2. The number of hydrogen-bond acceptors (Lipinski definition) is 2. The fraction of sp³-hybridized carbons (Fsp3) is 0.143. The molecule has 0 aliphatic carbocycles. The van der Waals surface area contributed by atoms with Gasteiger partial charge in [-0.3, -0.25) is 0 Å². The summed E-state index contributed by atoms with van der Waals surface area (Å²) in [6.45, 7) is 0. The van der Waals surface area contributed by atoms with Crippen LogP contribution in [0.15, 0.2) is 24.3 Å². The summed E-state index contributed by atoms with van der Waals surface area (Å²) in [6, 6.07) is 6.06. The molecule has 66 valence electrons. The van der Waals surface area contributed by atoms with Crippen molar-refractivity contribution in [3.05, 3.63) is 24.3 Å². The van der Waals surface area contributed by atoms with Crippen LogP contribution in [-0.4, -0.2) is 6.29 Å². The van der Waals surface area contributed by atoms with E-state index in [0.717, 1.165) is 0 Å². The lowest BCUT2D eigenvalue weighted by atomic mass is 10.3. The highest BCUT2D eigenvalue weighted by atomic mass is 35.5. The summed E-state index contributed by atoms with van der Waals surface area (Å²) in [6.07, 6.45) is -3.50. The monoisotopic (exact) mass is 194 g/mol. The van der Waals surface area contributed by atoms with Gasteiger partial charge in [0, 0.05) is 0 Å². The van der Waals surface area contributed by atoms with Gasteiger partial charge in [0.05, 0.1) is 0 Å². The Bertz CT molecular complexity index is 263. The van der Waals surface area contributed by atoms with Crippen LogP contribution in [0, 0.1) is 0 Å². The van der Waals surface area contributed by atoms with Crippen LogP contribution in [0.2, 0.25) is 0 Å². The summed E-state index contributed by atoms with van der Waals surface area (Å²) in [4.78, 5) is 0. The van der Waals surface area contributed by atoms with Crippen molar-refractivity contribution in [3.8, 4) is 11.5 Å². The van der Waals surface area contributed by atoms with Gasteiger partial charge in [-0.1, -0.05) is 12.1 Å². The second-order valence-electron chi connectivity index (χ2n) is 2.11. The quantitative estimate of drug-likeness (QED) is 0.632. The van der Waals surface area contributed by atoms with E-state index in [1.807, 2.05) is 0 Å². The molecule has 0 saturated heterocycles. The summed E-state index contributed by atoms with van der Waals surface area (Å²) < 4.78 is 32.9. The summed E-state index contributed by atoms with van der Waals surface area (Å²) >= 11 is 0. The van der Waals surface area contributed by atoms with Crippen molar-refractivity contribution in [2.75, 3.05) is 0 Å². The van der Waals surface area contributed by atoms with Crippen molar-refractivity contribution in [1.82, 2.24) is 0 Å². The second kappa shape index (κ2) is 2.79. The molecule has 0 saturated carbocycles. The average molecular weight is 195 g/mol. The molecule has 1 aliphatic heterocycles. The minimum atomic E-state index is -3.50. The number of hydrogen-bond donors (Lipinski definition) is 0. The van der Waals surface area contributed by atoms with Gasteiger partial charge in [0.1, 0.15) is 0 Å². The minimum absolute atomic E-state index is 0. The van der Waals surface area contributed by atoms with Gasteiger partial charge in [0.2, 0.25) is 0 Å². The zero-order chi connectivity index (χ0) is 7.90. The van der Waals surface area contributed by atoms with Gasteiger partial charge >= 0.3 is 6.29 Å². The Balaban J connectivity index is 0.000000720. The summed E-state index contributed by atoms with van der Waals surface area (Å²) in [5.41, 5.74) is 0. The fourth-order valence-corrected chi connectivity index (χ4v) is 0.896. The Hall–Kier alpha value is -1.03. The normalized spacial score (nSPS) is 16.8. The van der Waals surface area contributed by atoms with E-state index in [1.165, 1.54) is 12.1 Å². The molecule has 0 fully saturated rings. The van der Waals surface area contributed by atoms with Crippen molar-refractivity contribution in [2.24, 2.45) is 0 Å². The maximum absolute atomic E-state index is 12.3. The first-order valence-corrected chi connectivity index (χ1v) is 3.02. The van der Waals surface area contributed by atoms with Crippen LogP contribution in [0.1, 0.15) is 0 Å². The summed E-state index contributed by atoms with van der Waals surface area (Å²) in [7, 11) is 0. The molecule has 1 aliphatic rings. The molecule has 1 heterocycles. The maximum atomic E-state index is 12.3. The van der Waals surface area contributed by atoms with Crippen LogP contribution in [0.5, 0.6) is 11.5 Å². The topological polar surface area (TPSA) is 18.5 Å². The number of rotatable bonds is 0. The smallest absolute Gasteiger partial charge is 0.395 e. The number of alkyl halides is 2. The predicted octanol–water partition coefficient (Wildman–Crippen LogP) is 2.43. The first kappa shape index (κ1) is 9.06. The molecule has 0 amide bonds. The van der Waals surface area contributed by atoms with Crippen LogP contribution in [0.3, 0.4) is 0 Å². The predicted molar refractivity (Wildman–Crippen MR) is 39.9 cm³/mol. The molecule has 1 aromatic rings. The first-order chi connectivity index (χ1) is 5.17. The van der Waals surface area contributed by atoms with E-state index >= 15 is 0 Å². The Morgan fingerprint density at radius 1 is 1.00 bits per heavy atom. The molecule has 0 aromatic heterocycles. The van der Waals surface area contributed by atoms with Gasteiger partial charge in [-0.15, -0.1) is 21.2 Å².